The molecule has 0 radical (unpaired) electrons. The normalized spacial score (nSPS) is 21.8. The van der Waals surface area contributed by atoms with Crippen LogP contribution in [-0.2, 0) is 35.9 Å². The van der Waals surface area contributed by atoms with E-state index in [1.807, 2.05) is 51.1 Å². The number of likely N-dealkylation sites (tertiary alicyclic amines) is 1. The molecule has 1 aromatic heterocycles. The molecule has 0 bridgehead atoms. The predicted octanol–water partition coefficient (Wildman–Crippen LogP) is 1.75. The van der Waals surface area contributed by atoms with Gasteiger partial charge in [0, 0.05) is 12.6 Å². The monoisotopic (exact) mass is 747 g/mol. The number of tetrazole rings is 1. The zero-order valence-corrected chi connectivity index (χ0v) is 32.4. The van der Waals surface area contributed by atoms with Crippen molar-refractivity contribution in [3.63, 3.8) is 0 Å². The summed E-state index contributed by atoms with van der Waals surface area (Å²) in [5, 5.41) is 34.9. The largest absolute Gasteiger partial charge is 0.381 e. The maximum Gasteiger partial charge on any atom is 0.251 e. The summed E-state index contributed by atoms with van der Waals surface area (Å²) in [4.78, 5) is 71.1. The highest BCUT2D eigenvalue weighted by Crippen LogP contribution is 2.43. The minimum atomic E-state index is -1.42. The van der Waals surface area contributed by atoms with E-state index >= 15 is 0 Å². The van der Waals surface area contributed by atoms with Crippen molar-refractivity contribution in [2.75, 3.05) is 6.54 Å². The second-order valence-electron chi connectivity index (χ2n) is 16.1. The van der Waals surface area contributed by atoms with Gasteiger partial charge in [-0.15, -0.1) is 10.2 Å². The average molecular weight is 748 g/mol. The second kappa shape index (κ2) is 17.2. The average Bonchev–Trinajstić information content (AvgIpc) is 3.46. The molecule has 2 aliphatic carbocycles. The lowest BCUT2D eigenvalue weighted by molar-refractivity contribution is -0.143. The lowest BCUT2D eigenvalue weighted by Gasteiger charge is -2.33. The number of carbonyl (C=O) groups is 5. The van der Waals surface area contributed by atoms with Gasteiger partial charge in [0.05, 0.1) is 12.5 Å². The molecule has 5 amide bonds. The van der Waals surface area contributed by atoms with Gasteiger partial charge in [0.25, 0.3) is 5.91 Å². The first-order valence-electron chi connectivity index (χ1n) is 19.3. The molecular weight excluding hydrogens is 690 g/mol. The number of nitrogens with zero attached hydrogens (tertiary/aromatic N) is 5. The first-order chi connectivity index (χ1) is 25.6. The molecule has 2 unspecified atom stereocenters. The predicted molar refractivity (Wildman–Crippen MR) is 200 cm³/mol. The number of fused-ring (bicyclic) bond motifs is 1. The fourth-order valence-electron chi connectivity index (χ4n) is 7.66. The third kappa shape index (κ3) is 9.34. The molecule has 5 rings (SSSR count). The fourth-order valence-corrected chi connectivity index (χ4v) is 7.66. The van der Waals surface area contributed by atoms with E-state index in [0.29, 0.717) is 25.0 Å². The molecule has 3 fully saturated rings. The highest BCUT2D eigenvalue weighted by molar-refractivity contribution is 5.96. The molecule has 2 heterocycles. The van der Waals surface area contributed by atoms with Gasteiger partial charge in [-0.05, 0) is 87.0 Å². The van der Waals surface area contributed by atoms with E-state index in [9.17, 15) is 29.1 Å². The summed E-state index contributed by atoms with van der Waals surface area (Å²) < 4.78 is 0. The Hall–Kier alpha value is -4.66. The zero-order chi connectivity index (χ0) is 39.3. The minimum absolute atomic E-state index is 0.0575. The molecule has 5 N–H and O–H groups in total. The maximum atomic E-state index is 14.3. The Morgan fingerprint density at radius 2 is 1.70 bits per heavy atom. The highest BCUT2D eigenvalue weighted by Gasteiger charge is 2.51. The van der Waals surface area contributed by atoms with Crippen LogP contribution in [0.4, 0.5) is 0 Å². The lowest BCUT2D eigenvalue weighted by Crippen LogP contribution is -2.60. The first kappa shape index (κ1) is 40.5. The number of aliphatic hydroxyl groups excluding tert-OH is 1. The van der Waals surface area contributed by atoms with Gasteiger partial charge in [0.2, 0.25) is 23.6 Å². The van der Waals surface area contributed by atoms with Crippen molar-refractivity contribution < 1.29 is 29.1 Å². The smallest absolute Gasteiger partial charge is 0.251 e. The van der Waals surface area contributed by atoms with Crippen LogP contribution in [0.15, 0.2) is 42.5 Å². The van der Waals surface area contributed by atoms with Crippen molar-refractivity contribution in [3.05, 3.63) is 53.9 Å². The van der Waals surface area contributed by atoms with Gasteiger partial charge in [-0.25, -0.2) is 0 Å². The Kier molecular flexibility index (Phi) is 12.9. The Morgan fingerprint density at radius 1 is 1.00 bits per heavy atom. The molecule has 3 aliphatic rings. The summed E-state index contributed by atoms with van der Waals surface area (Å²) in [6.45, 7) is 15.3. The summed E-state index contributed by atoms with van der Waals surface area (Å²) in [5.41, 5.74) is 0.718. The number of benzene rings is 1. The molecule has 1 saturated heterocycles. The van der Waals surface area contributed by atoms with E-state index in [0.717, 1.165) is 37.7 Å². The molecule has 2 saturated carbocycles. The standard InChI is InChI=1S/C39H57N9O6/c1-8-13-28(34(50)37(53)40-26-18-19-26)41-36(52)33-27-17-12-14-24(27)21-47(33)38(54)32(23(4)5)43-35(51)31(22(2)3)42-30(49)20-29-44-46-48(45-29)39(6,7)25-15-10-9-11-16-25/h9-11,15-16,22,24,26-28,31-34,50H,4,8,12-14,17-21H2,1-3,5-7H3,(H,40,53)(H,41,52)(H,42,49)(H,43,51)/t24-,27-,28?,31-,32+,33-,34?/m0/s1. The molecule has 0 spiro atoms. The number of amides is 5. The van der Waals surface area contributed by atoms with E-state index < -0.39 is 65.3 Å². The van der Waals surface area contributed by atoms with Gasteiger partial charge in [0.1, 0.15) is 23.7 Å². The van der Waals surface area contributed by atoms with Crippen LogP contribution in [0, 0.1) is 17.8 Å². The van der Waals surface area contributed by atoms with E-state index in [-0.39, 0.29) is 36.0 Å². The molecule has 7 atom stereocenters. The SMILES string of the molecule is C=C(C)[C@@H](NC(=O)[C@@H](NC(=O)Cc1nnn(C(C)(C)c2ccccc2)n1)C(C)C)C(=O)N1C[C@@H]2CCC[C@@H]2[C@H]1C(=O)NC(CCC)C(O)C(=O)NC1CC1. The van der Waals surface area contributed by atoms with Crippen LogP contribution in [-0.4, -0.2) is 103 Å². The fraction of sp³-hybridized carbons (Fsp3) is 0.641. The Balaban J connectivity index is 1.25. The molecule has 54 heavy (non-hydrogen) atoms. The molecule has 15 heteroatoms. The molecule has 1 aromatic carbocycles. The summed E-state index contributed by atoms with van der Waals surface area (Å²) in [7, 11) is 0. The number of aliphatic hydroxyl groups is 1. The second-order valence-corrected chi connectivity index (χ2v) is 16.1. The van der Waals surface area contributed by atoms with E-state index in [2.05, 4.69) is 43.3 Å². The molecule has 15 nitrogen and oxygen atoms in total. The Labute approximate surface area is 317 Å². The number of hydrogen-bond donors (Lipinski definition) is 5. The molecule has 1 aliphatic heterocycles. The number of hydrogen-bond acceptors (Lipinski definition) is 9. The Bertz CT molecular complexity index is 1690. The van der Waals surface area contributed by atoms with Gasteiger partial charge < -0.3 is 31.3 Å². The van der Waals surface area contributed by atoms with Crippen LogP contribution in [0.2, 0.25) is 0 Å². The quantitative estimate of drug-likeness (QED) is 0.150. The van der Waals surface area contributed by atoms with Crippen LogP contribution in [0.5, 0.6) is 0 Å². The molecule has 2 aromatic rings. The first-order valence-corrected chi connectivity index (χ1v) is 19.3. The van der Waals surface area contributed by atoms with Crippen LogP contribution in [0.25, 0.3) is 0 Å². The number of carbonyl (C=O) groups excluding carboxylic acids is 5. The summed E-state index contributed by atoms with van der Waals surface area (Å²) in [6.07, 6.45) is 3.65. The van der Waals surface area contributed by atoms with Crippen LogP contribution in [0.1, 0.15) is 97.9 Å². The van der Waals surface area contributed by atoms with Crippen molar-refractivity contribution in [3.8, 4) is 0 Å². The third-order valence-corrected chi connectivity index (χ3v) is 11.0. The number of nitrogens with one attached hydrogen (secondary N) is 4. The van der Waals surface area contributed by atoms with Crippen molar-refractivity contribution >= 4 is 29.5 Å². The van der Waals surface area contributed by atoms with Gasteiger partial charge >= 0.3 is 0 Å². The van der Waals surface area contributed by atoms with Gasteiger partial charge in [0.15, 0.2) is 11.9 Å². The van der Waals surface area contributed by atoms with Crippen LogP contribution < -0.4 is 21.3 Å². The van der Waals surface area contributed by atoms with Gasteiger partial charge in [-0.3, -0.25) is 24.0 Å². The van der Waals surface area contributed by atoms with E-state index in [1.54, 1.807) is 20.8 Å². The van der Waals surface area contributed by atoms with Crippen molar-refractivity contribution in [1.29, 1.82) is 0 Å². The van der Waals surface area contributed by atoms with E-state index in [4.69, 9.17) is 0 Å². The van der Waals surface area contributed by atoms with Gasteiger partial charge in [-0.2, -0.15) is 4.80 Å². The topological polar surface area (TPSA) is 201 Å². The van der Waals surface area contributed by atoms with Crippen LogP contribution in [0.3, 0.4) is 0 Å². The number of aromatic nitrogens is 4. The summed E-state index contributed by atoms with van der Waals surface area (Å²) in [5.74, 6) is -2.62. The minimum Gasteiger partial charge on any atom is -0.381 e. The Morgan fingerprint density at radius 3 is 2.33 bits per heavy atom. The van der Waals surface area contributed by atoms with Crippen molar-refractivity contribution in [1.82, 2.24) is 46.4 Å². The summed E-state index contributed by atoms with van der Waals surface area (Å²) in [6, 6.07) is 5.93. The lowest BCUT2D eigenvalue weighted by atomic mass is 9.92. The van der Waals surface area contributed by atoms with Crippen molar-refractivity contribution in [2.24, 2.45) is 17.8 Å². The van der Waals surface area contributed by atoms with Gasteiger partial charge in [-0.1, -0.05) is 70.5 Å². The van der Waals surface area contributed by atoms with Crippen LogP contribution >= 0.6 is 0 Å². The summed E-state index contributed by atoms with van der Waals surface area (Å²) >= 11 is 0. The zero-order valence-electron chi connectivity index (χ0n) is 32.4. The molecule has 294 valence electrons. The van der Waals surface area contributed by atoms with E-state index in [1.165, 1.54) is 9.70 Å². The number of rotatable bonds is 17. The highest BCUT2D eigenvalue weighted by atomic mass is 16.3. The van der Waals surface area contributed by atoms with Crippen molar-refractivity contribution in [2.45, 2.75) is 135 Å². The maximum absolute atomic E-state index is 14.3. The molecular formula is C39H57N9O6. The third-order valence-electron chi connectivity index (χ3n) is 11.0.